The van der Waals surface area contributed by atoms with Crippen LogP contribution >= 0.6 is 0 Å². The van der Waals surface area contributed by atoms with E-state index in [0.717, 1.165) is 0 Å². The van der Waals surface area contributed by atoms with Gasteiger partial charge < -0.3 is 4.74 Å². The fourth-order valence-corrected chi connectivity index (χ4v) is 0.549. The molecule has 0 aliphatic rings. The van der Waals surface area contributed by atoms with Crippen LogP contribution in [0.15, 0.2) is 18.3 Å². The maximum atomic E-state index is 11.5. The predicted molar refractivity (Wildman–Crippen MR) is 34.5 cm³/mol. The van der Waals surface area contributed by atoms with E-state index in [2.05, 4.69) is 11.2 Å². The standard InChI is InChI=1S/C7H7FNO/c8-3-6-10-7-1-4-9-5-2-7/h1-2,4H,3,6H2. The summed E-state index contributed by atoms with van der Waals surface area (Å²) in [5, 5.41) is 0. The Labute approximate surface area is 58.7 Å². The first-order chi connectivity index (χ1) is 4.93. The average molecular weight is 140 g/mol. The normalized spacial score (nSPS) is 9.30. The second-order valence-electron chi connectivity index (χ2n) is 1.66. The van der Waals surface area contributed by atoms with Crippen LogP contribution in [0.1, 0.15) is 0 Å². The third-order valence-electron chi connectivity index (χ3n) is 0.941. The van der Waals surface area contributed by atoms with E-state index in [9.17, 15) is 4.39 Å². The zero-order valence-corrected chi connectivity index (χ0v) is 5.38. The second kappa shape index (κ2) is 3.82. The molecule has 0 aliphatic carbocycles. The molecule has 3 heteroatoms. The minimum Gasteiger partial charge on any atom is -0.491 e. The molecule has 1 rings (SSSR count). The number of halogens is 1. The summed E-state index contributed by atoms with van der Waals surface area (Å²) in [7, 11) is 0. The van der Waals surface area contributed by atoms with E-state index in [1.807, 2.05) is 0 Å². The van der Waals surface area contributed by atoms with Crippen molar-refractivity contribution in [3.63, 3.8) is 0 Å². The summed E-state index contributed by atoms with van der Waals surface area (Å²) < 4.78 is 16.4. The van der Waals surface area contributed by atoms with Crippen LogP contribution in [-0.4, -0.2) is 18.3 Å². The summed E-state index contributed by atoms with van der Waals surface area (Å²) in [6.45, 7) is -0.375. The molecule has 0 N–H and O–H groups in total. The minimum atomic E-state index is -0.470. The lowest BCUT2D eigenvalue weighted by Crippen LogP contribution is -1.98. The van der Waals surface area contributed by atoms with Crippen LogP contribution in [0.2, 0.25) is 0 Å². The lowest BCUT2D eigenvalue weighted by Gasteiger charge is -1.99. The Morgan fingerprint density at radius 3 is 3.20 bits per heavy atom. The number of nitrogens with zero attached hydrogens (tertiary/aromatic N) is 1. The zero-order valence-electron chi connectivity index (χ0n) is 5.38. The van der Waals surface area contributed by atoms with Gasteiger partial charge in [-0.25, -0.2) is 4.39 Å². The Kier molecular flexibility index (Phi) is 2.67. The van der Waals surface area contributed by atoms with Crippen LogP contribution in [0, 0.1) is 6.20 Å². The quantitative estimate of drug-likeness (QED) is 0.630. The molecule has 1 radical (unpaired) electrons. The highest BCUT2D eigenvalue weighted by Crippen LogP contribution is 2.05. The van der Waals surface area contributed by atoms with E-state index in [1.165, 1.54) is 0 Å². The highest BCUT2D eigenvalue weighted by molar-refractivity contribution is 5.15. The molecular weight excluding hydrogens is 133 g/mol. The number of rotatable bonds is 3. The summed E-state index contributed by atoms with van der Waals surface area (Å²) >= 11 is 0. The van der Waals surface area contributed by atoms with E-state index < -0.39 is 6.67 Å². The van der Waals surface area contributed by atoms with Crippen molar-refractivity contribution in [3.05, 3.63) is 24.5 Å². The Morgan fingerprint density at radius 1 is 1.70 bits per heavy atom. The van der Waals surface area contributed by atoms with Crippen molar-refractivity contribution in [1.29, 1.82) is 0 Å². The number of aromatic nitrogens is 1. The van der Waals surface area contributed by atoms with Crippen molar-refractivity contribution < 1.29 is 9.13 Å². The molecule has 0 fully saturated rings. The maximum Gasteiger partial charge on any atom is 0.123 e. The van der Waals surface area contributed by atoms with Crippen LogP contribution in [0.5, 0.6) is 5.75 Å². The van der Waals surface area contributed by atoms with Gasteiger partial charge in [0.2, 0.25) is 0 Å². The fraction of sp³-hybridized carbons (Fsp3) is 0.286. The Balaban J connectivity index is 2.43. The molecule has 0 amide bonds. The largest absolute Gasteiger partial charge is 0.491 e. The molecule has 0 spiro atoms. The summed E-state index contributed by atoms with van der Waals surface area (Å²) in [5.41, 5.74) is 0. The summed E-state index contributed by atoms with van der Waals surface area (Å²) in [6, 6.07) is 3.22. The van der Waals surface area contributed by atoms with Gasteiger partial charge >= 0.3 is 0 Å². The number of ether oxygens (including phenoxy) is 1. The number of hydrogen-bond donors (Lipinski definition) is 0. The van der Waals surface area contributed by atoms with Gasteiger partial charge in [-0.3, -0.25) is 4.98 Å². The van der Waals surface area contributed by atoms with Crippen LogP contribution in [0.25, 0.3) is 0 Å². The smallest absolute Gasteiger partial charge is 0.123 e. The molecule has 0 aliphatic heterocycles. The van der Waals surface area contributed by atoms with E-state index >= 15 is 0 Å². The molecule has 0 bridgehead atoms. The zero-order chi connectivity index (χ0) is 7.23. The highest BCUT2D eigenvalue weighted by atomic mass is 19.1. The second-order valence-corrected chi connectivity index (χ2v) is 1.66. The molecule has 1 aromatic heterocycles. The van der Waals surface area contributed by atoms with Crippen molar-refractivity contribution in [2.75, 3.05) is 13.3 Å². The third-order valence-corrected chi connectivity index (χ3v) is 0.941. The van der Waals surface area contributed by atoms with Gasteiger partial charge in [-0.1, -0.05) is 0 Å². The van der Waals surface area contributed by atoms with Crippen molar-refractivity contribution in [2.24, 2.45) is 0 Å². The van der Waals surface area contributed by atoms with Gasteiger partial charge in [0.25, 0.3) is 0 Å². The molecule has 0 atom stereocenters. The first-order valence-corrected chi connectivity index (χ1v) is 2.94. The molecule has 0 unspecified atom stereocenters. The number of pyridine rings is 1. The van der Waals surface area contributed by atoms with Crippen LogP contribution < -0.4 is 4.74 Å². The highest BCUT2D eigenvalue weighted by Gasteiger charge is 1.88. The summed E-state index contributed by atoms with van der Waals surface area (Å²) in [4.78, 5) is 3.65. The lowest BCUT2D eigenvalue weighted by atomic mass is 10.5. The minimum absolute atomic E-state index is 0.0951. The average Bonchev–Trinajstić information content (AvgIpc) is 2.03. The molecular formula is C7H7FNO. The van der Waals surface area contributed by atoms with E-state index in [0.29, 0.717) is 5.75 Å². The third kappa shape index (κ3) is 2.01. The first kappa shape index (κ1) is 6.99. The van der Waals surface area contributed by atoms with E-state index in [4.69, 9.17) is 4.74 Å². The molecule has 10 heavy (non-hydrogen) atoms. The van der Waals surface area contributed by atoms with Crippen LogP contribution in [0.4, 0.5) is 4.39 Å². The van der Waals surface area contributed by atoms with Crippen LogP contribution in [0.3, 0.4) is 0 Å². The van der Waals surface area contributed by atoms with Gasteiger partial charge in [0.15, 0.2) is 0 Å². The lowest BCUT2D eigenvalue weighted by molar-refractivity contribution is 0.273. The summed E-state index contributed by atoms with van der Waals surface area (Å²) in [6.07, 6.45) is 4.12. The molecule has 1 heterocycles. The van der Waals surface area contributed by atoms with Crippen molar-refractivity contribution >= 4 is 0 Å². The van der Waals surface area contributed by atoms with Gasteiger partial charge in [0, 0.05) is 12.3 Å². The monoisotopic (exact) mass is 140 g/mol. The molecule has 0 saturated heterocycles. The van der Waals surface area contributed by atoms with Gasteiger partial charge in [0.05, 0.1) is 6.20 Å². The maximum absolute atomic E-state index is 11.5. The van der Waals surface area contributed by atoms with E-state index in [1.54, 1.807) is 18.3 Å². The molecule has 0 aromatic carbocycles. The van der Waals surface area contributed by atoms with E-state index in [-0.39, 0.29) is 6.61 Å². The predicted octanol–water partition coefficient (Wildman–Crippen LogP) is 1.23. The Bertz CT molecular complexity index is 178. The Morgan fingerprint density at radius 2 is 2.60 bits per heavy atom. The molecule has 2 nitrogen and oxygen atoms in total. The Hall–Kier alpha value is -1.12. The number of hydrogen-bond acceptors (Lipinski definition) is 2. The van der Waals surface area contributed by atoms with Gasteiger partial charge in [-0.15, -0.1) is 0 Å². The van der Waals surface area contributed by atoms with Gasteiger partial charge in [-0.05, 0) is 6.07 Å². The van der Waals surface area contributed by atoms with Crippen molar-refractivity contribution in [1.82, 2.24) is 4.98 Å². The SMILES string of the molecule is FCCOc1c[c]ncc1. The van der Waals surface area contributed by atoms with Crippen LogP contribution in [-0.2, 0) is 0 Å². The molecule has 53 valence electrons. The number of alkyl halides is 1. The first-order valence-electron chi connectivity index (χ1n) is 2.94. The van der Waals surface area contributed by atoms with Crippen molar-refractivity contribution in [2.45, 2.75) is 0 Å². The summed E-state index contributed by atoms with van der Waals surface area (Å²) in [5.74, 6) is 0.604. The molecule has 1 aromatic rings. The van der Waals surface area contributed by atoms with Crippen molar-refractivity contribution in [3.8, 4) is 5.75 Å². The van der Waals surface area contributed by atoms with Gasteiger partial charge in [0.1, 0.15) is 19.0 Å². The fourth-order valence-electron chi connectivity index (χ4n) is 0.549. The topological polar surface area (TPSA) is 22.1 Å². The van der Waals surface area contributed by atoms with Gasteiger partial charge in [-0.2, -0.15) is 0 Å². The molecule has 0 saturated carbocycles.